The lowest BCUT2D eigenvalue weighted by atomic mass is 10.2. The highest BCUT2D eigenvalue weighted by molar-refractivity contribution is 7.99. The maximum absolute atomic E-state index is 5.22. The molecule has 1 aromatic heterocycles. The molecule has 0 atom stereocenters. The Labute approximate surface area is 226 Å². The fourth-order valence-electron chi connectivity index (χ4n) is 4.59. The van der Waals surface area contributed by atoms with Crippen molar-refractivity contribution < 1.29 is 4.74 Å². The van der Waals surface area contributed by atoms with Gasteiger partial charge in [0.25, 0.3) is 0 Å². The minimum absolute atomic E-state index is 0.540. The normalized spacial score (nSPS) is 15.7. The number of hydrogen-bond donors (Lipinski definition) is 0. The number of ether oxygens (including phenoxy) is 1. The molecule has 0 unspecified atom stereocenters. The Morgan fingerprint density at radius 2 is 1.61 bits per heavy atom. The van der Waals surface area contributed by atoms with Gasteiger partial charge in [-0.15, -0.1) is 15.0 Å². The first-order valence-corrected chi connectivity index (χ1v) is 13.4. The molecule has 2 aliphatic heterocycles. The summed E-state index contributed by atoms with van der Waals surface area (Å²) in [6.45, 7) is 4.25. The van der Waals surface area contributed by atoms with Gasteiger partial charge in [0.15, 0.2) is 5.82 Å². The largest absolute Gasteiger partial charge is 0.497 e. The molecule has 0 aliphatic carbocycles. The van der Waals surface area contributed by atoms with Crippen LogP contribution in [-0.2, 0) is 0 Å². The number of piperazine rings is 1. The summed E-state index contributed by atoms with van der Waals surface area (Å²) in [5.74, 6) is 1.33. The van der Waals surface area contributed by atoms with Crippen LogP contribution >= 0.6 is 11.8 Å². The monoisotopic (exact) mass is 523 g/mol. The second-order valence-corrected chi connectivity index (χ2v) is 10.3. The van der Waals surface area contributed by atoms with Crippen molar-refractivity contribution in [3.05, 3.63) is 90.9 Å². The van der Waals surface area contributed by atoms with E-state index in [1.165, 1.54) is 31.6 Å². The Hall–Kier alpha value is -4.08. The van der Waals surface area contributed by atoms with Crippen LogP contribution in [0, 0.1) is 0 Å². The molecular weight excluding hydrogens is 494 g/mol. The number of allylic oxidation sites excluding steroid dienone is 2. The minimum atomic E-state index is 0.540. The van der Waals surface area contributed by atoms with Crippen LogP contribution in [0.3, 0.4) is 0 Å². The van der Waals surface area contributed by atoms with E-state index in [1.54, 1.807) is 7.11 Å². The van der Waals surface area contributed by atoms with E-state index in [2.05, 4.69) is 85.8 Å². The first-order valence-electron chi connectivity index (χ1n) is 12.6. The first kappa shape index (κ1) is 24.3. The van der Waals surface area contributed by atoms with Crippen molar-refractivity contribution in [2.45, 2.75) is 9.79 Å². The predicted octanol–water partition coefficient (Wildman–Crippen LogP) is 5.25. The van der Waals surface area contributed by atoms with Crippen molar-refractivity contribution >= 4 is 34.9 Å². The van der Waals surface area contributed by atoms with Gasteiger partial charge >= 0.3 is 0 Å². The average Bonchev–Trinajstić information content (AvgIpc) is 3.44. The molecule has 0 amide bonds. The van der Waals surface area contributed by atoms with E-state index >= 15 is 0 Å². The summed E-state index contributed by atoms with van der Waals surface area (Å²) in [6, 6.07) is 22.9. The van der Waals surface area contributed by atoms with Crippen molar-refractivity contribution in [3.8, 4) is 11.4 Å². The van der Waals surface area contributed by atoms with Crippen LogP contribution in [0.15, 0.2) is 94.9 Å². The van der Waals surface area contributed by atoms with Crippen LogP contribution in [-0.4, -0.2) is 65.4 Å². The quantitative estimate of drug-likeness (QED) is 0.318. The number of methoxy groups -OCH3 is 1. The number of anilines is 3. The molecule has 0 saturated carbocycles. The highest BCUT2D eigenvalue weighted by Gasteiger charge is 2.23. The molecule has 1 fully saturated rings. The van der Waals surface area contributed by atoms with E-state index in [0.717, 1.165) is 37.6 Å². The van der Waals surface area contributed by atoms with Gasteiger partial charge in [-0.05, 0) is 79.0 Å². The van der Waals surface area contributed by atoms with Crippen LogP contribution in [0.1, 0.15) is 5.82 Å². The van der Waals surface area contributed by atoms with Crippen molar-refractivity contribution in [1.29, 1.82) is 0 Å². The fraction of sp³-hybridized carbons (Fsp3) is 0.207. The van der Waals surface area contributed by atoms with Gasteiger partial charge in [0.1, 0.15) is 5.75 Å². The highest BCUT2D eigenvalue weighted by atomic mass is 32.2. The summed E-state index contributed by atoms with van der Waals surface area (Å²) in [5, 5.41) is 12.8. The lowest BCUT2D eigenvalue weighted by Crippen LogP contribution is -2.44. The second-order valence-electron chi connectivity index (χ2n) is 9.22. The molecule has 0 bridgehead atoms. The highest BCUT2D eigenvalue weighted by Crippen LogP contribution is 2.49. The van der Waals surface area contributed by atoms with Crippen molar-refractivity contribution in [2.75, 3.05) is 50.1 Å². The Kier molecular flexibility index (Phi) is 6.85. The number of hydrogen-bond acceptors (Lipinski definition) is 8. The zero-order valence-corrected chi connectivity index (χ0v) is 22.3. The summed E-state index contributed by atoms with van der Waals surface area (Å²) in [4.78, 5) is 11.1. The van der Waals surface area contributed by atoms with E-state index in [1.807, 2.05) is 54.3 Å². The molecule has 38 heavy (non-hydrogen) atoms. The van der Waals surface area contributed by atoms with E-state index in [0.29, 0.717) is 5.82 Å². The summed E-state index contributed by atoms with van der Waals surface area (Å²) < 4.78 is 5.22. The van der Waals surface area contributed by atoms with Crippen LogP contribution in [0.2, 0.25) is 0 Å². The number of likely N-dealkylation sites (N-methyl/N-ethyl adjacent to an activating group) is 1. The predicted molar refractivity (Wildman–Crippen MR) is 153 cm³/mol. The number of nitrogens with zero attached hydrogens (tertiary/aromatic N) is 7. The molecule has 0 spiro atoms. The molecule has 192 valence electrons. The fourth-order valence-corrected chi connectivity index (χ4v) is 5.64. The van der Waals surface area contributed by atoms with E-state index in [9.17, 15) is 0 Å². The maximum atomic E-state index is 5.22. The Morgan fingerprint density at radius 3 is 2.42 bits per heavy atom. The lowest BCUT2D eigenvalue weighted by Gasteiger charge is -2.36. The van der Waals surface area contributed by atoms with Gasteiger partial charge in [0.2, 0.25) is 0 Å². The van der Waals surface area contributed by atoms with Crippen molar-refractivity contribution in [3.63, 3.8) is 0 Å². The topological polar surface area (TPSA) is 62.6 Å². The third kappa shape index (κ3) is 5.03. The summed E-state index contributed by atoms with van der Waals surface area (Å²) in [5.41, 5.74) is 4.46. The number of rotatable bonds is 6. The van der Waals surface area contributed by atoms with Crippen LogP contribution < -0.4 is 14.5 Å². The summed E-state index contributed by atoms with van der Waals surface area (Å²) in [7, 11) is 3.83. The number of para-hydroxylation sites is 1. The number of fused-ring (bicyclic) bond motifs is 2. The van der Waals surface area contributed by atoms with Gasteiger partial charge in [-0.2, -0.15) is 0 Å². The van der Waals surface area contributed by atoms with E-state index < -0.39 is 0 Å². The standard InChI is InChI=1S/C29H29N7OS/c1-33-17-19-34(20-18-33)23-12-15-28-26(21-23)35(25-7-3-4-8-27(25)38-28)16-6-5-9-29-30-32-36(31-29)22-10-13-24(37-2)14-11-22/h3-16,21H,17-20H2,1-2H3/b9-5+,16-6+. The summed E-state index contributed by atoms with van der Waals surface area (Å²) in [6.07, 6.45) is 7.93. The molecule has 0 radical (unpaired) electrons. The Morgan fingerprint density at radius 1 is 0.842 bits per heavy atom. The molecule has 3 heterocycles. The Balaban J connectivity index is 1.23. The molecule has 1 saturated heterocycles. The van der Waals surface area contributed by atoms with Crippen LogP contribution in [0.5, 0.6) is 5.75 Å². The van der Waals surface area contributed by atoms with Gasteiger partial charge in [-0.3, -0.25) is 0 Å². The molecule has 3 aromatic carbocycles. The SMILES string of the molecule is COc1ccc(-n2nnc(/C=C/C=C/N3c4ccccc4Sc4ccc(N5CCN(C)CC5)cc43)n2)cc1. The zero-order chi connectivity index (χ0) is 25.9. The third-order valence-corrected chi connectivity index (χ3v) is 7.87. The van der Waals surface area contributed by atoms with E-state index in [4.69, 9.17) is 4.74 Å². The summed E-state index contributed by atoms with van der Waals surface area (Å²) >= 11 is 1.82. The smallest absolute Gasteiger partial charge is 0.198 e. The van der Waals surface area contributed by atoms with Gasteiger partial charge in [0.05, 0.1) is 24.2 Å². The first-order chi connectivity index (χ1) is 18.7. The van der Waals surface area contributed by atoms with Crippen molar-refractivity contribution in [2.24, 2.45) is 0 Å². The number of benzene rings is 3. The molecule has 6 rings (SSSR count). The third-order valence-electron chi connectivity index (χ3n) is 6.74. The van der Waals surface area contributed by atoms with E-state index in [-0.39, 0.29) is 0 Å². The zero-order valence-electron chi connectivity index (χ0n) is 21.4. The lowest BCUT2D eigenvalue weighted by molar-refractivity contribution is 0.313. The molecule has 2 aliphatic rings. The van der Waals surface area contributed by atoms with Gasteiger partial charge in [-0.25, -0.2) is 0 Å². The minimum Gasteiger partial charge on any atom is -0.497 e. The number of aromatic nitrogens is 4. The van der Waals surface area contributed by atoms with Crippen LogP contribution in [0.25, 0.3) is 11.8 Å². The molecule has 9 heteroatoms. The molecule has 0 N–H and O–H groups in total. The Bertz CT molecular complexity index is 1470. The van der Waals surface area contributed by atoms with Gasteiger partial charge in [0, 0.05) is 47.9 Å². The second kappa shape index (κ2) is 10.7. The molecule has 4 aromatic rings. The average molecular weight is 524 g/mol. The maximum Gasteiger partial charge on any atom is 0.198 e. The van der Waals surface area contributed by atoms with Crippen molar-refractivity contribution in [1.82, 2.24) is 25.1 Å². The van der Waals surface area contributed by atoms with Crippen LogP contribution in [0.4, 0.5) is 17.1 Å². The molecule has 8 nitrogen and oxygen atoms in total. The van der Waals surface area contributed by atoms with Gasteiger partial charge < -0.3 is 19.4 Å². The van der Waals surface area contributed by atoms with Gasteiger partial charge in [-0.1, -0.05) is 30.0 Å². The molecular formula is C29H29N7OS. The number of tetrazole rings is 1.